The van der Waals surface area contributed by atoms with E-state index in [1.807, 2.05) is 49.4 Å². The fourth-order valence-electron chi connectivity index (χ4n) is 1.83. The minimum absolute atomic E-state index is 0.113. The summed E-state index contributed by atoms with van der Waals surface area (Å²) >= 11 is 1.29. The van der Waals surface area contributed by atoms with E-state index in [9.17, 15) is 4.79 Å². The molecule has 0 spiro atoms. The number of aryl methyl sites for hydroxylation is 1. The average molecular weight is 256 g/mol. The summed E-state index contributed by atoms with van der Waals surface area (Å²) in [5.74, 6) is 0. The van der Waals surface area contributed by atoms with E-state index >= 15 is 0 Å². The molecule has 2 rings (SSSR count). The monoisotopic (exact) mass is 256 g/mol. The molecule has 2 aromatic carbocycles. The first-order valence-electron chi connectivity index (χ1n) is 5.93. The van der Waals surface area contributed by atoms with Crippen molar-refractivity contribution in [2.75, 3.05) is 0 Å². The maximum atomic E-state index is 12.3. The fraction of sp³-hybridized carbons (Fsp3) is 0.188. The van der Waals surface area contributed by atoms with E-state index in [0.717, 1.165) is 16.0 Å². The molecule has 0 fully saturated rings. The minimum atomic E-state index is 0.113. The summed E-state index contributed by atoms with van der Waals surface area (Å²) in [5.41, 5.74) is 4.33. The summed E-state index contributed by atoms with van der Waals surface area (Å²) in [4.78, 5) is 13.2. The molecule has 0 heterocycles. The predicted molar refractivity (Wildman–Crippen MR) is 77.3 cm³/mol. The molecule has 0 aromatic heterocycles. The van der Waals surface area contributed by atoms with Gasteiger partial charge in [0.2, 0.25) is 5.12 Å². The van der Waals surface area contributed by atoms with E-state index in [1.54, 1.807) is 0 Å². The molecular weight excluding hydrogens is 240 g/mol. The Kier molecular flexibility index (Phi) is 3.87. The topological polar surface area (TPSA) is 17.1 Å². The highest BCUT2D eigenvalue weighted by Gasteiger charge is 2.12. The molecule has 0 amide bonds. The van der Waals surface area contributed by atoms with Crippen molar-refractivity contribution in [3.63, 3.8) is 0 Å². The Morgan fingerprint density at radius 1 is 0.889 bits per heavy atom. The van der Waals surface area contributed by atoms with Crippen molar-refractivity contribution in [3.8, 4) is 0 Å². The van der Waals surface area contributed by atoms with Crippen LogP contribution in [0, 0.1) is 20.8 Å². The Morgan fingerprint density at radius 3 is 2.22 bits per heavy atom. The molecule has 0 saturated carbocycles. The predicted octanol–water partition coefficient (Wildman–Crippen LogP) is 4.54. The summed E-state index contributed by atoms with van der Waals surface area (Å²) in [7, 11) is 0. The van der Waals surface area contributed by atoms with Gasteiger partial charge in [0.15, 0.2) is 0 Å². The minimum Gasteiger partial charge on any atom is -0.281 e. The number of carbonyl (C=O) groups excluding carboxylic acids is 1. The number of rotatable bonds is 2. The number of carbonyl (C=O) groups is 1. The lowest BCUT2D eigenvalue weighted by molar-refractivity contribution is 0.108. The Hall–Kier alpha value is -1.54. The molecule has 0 atom stereocenters. The second kappa shape index (κ2) is 5.40. The molecule has 2 aromatic rings. The van der Waals surface area contributed by atoms with Crippen LogP contribution in [-0.4, -0.2) is 5.12 Å². The van der Waals surface area contributed by atoms with Crippen molar-refractivity contribution in [2.45, 2.75) is 25.7 Å². The summed E-state index contributed by atoms with van der Waals surface area (Å²) in [6.07, 6.45) is 0. The molecule has 2 heteroatoms. The van der Waals surface area contributed by atoms with Crippen LogP contribution in [0.25, 0.3) is 0 Å². The van der Waals surface area contributed by atoms with Crippen molar-refractivity contribution >= 4 is 16.9 Å². The van der Waals surface area contributed by atoms with E-state index in [1.165, 1.54) is 22.9 Å². The zero-order chi connectivity index (χ0) is 13.1. The number of hydrogen-bond acceptors (Lipinski definition) is 2. The standard InChI is InChI=1S/C16H16OS/c1-11-9-10-15(13(3)12(11)2)16(17)18-14-7-5-4-6-8-14/h4-10H,1-3H3. The van der Waals surface area contributed by atoms with Gasteiger partial charge in [-0.15, -0.1) is 0 Å². The van der Waals surface area contributed by atoms with Crippen molar-refractivity contribution in [1.29, 1.82) is 0 Å². The normalized spacial score (nSPS) is 10.4. The van der Waals surface area contributed by atoms with Gasteiger partial charge in [-0.25, -0.2) is 0 Å². The van der Waals surface area contributed by atoms with Crippen LogP contribution in [-0.2, 0) is 0 Å². The second-order valence-corrected chi connectivity index (χ2v) is 5.43. The van der Waals surface area contributed by atoms with Crippen LogP contribution in [0.4, 0.5) is 0 Å². The molecule has 0 N–H and O–H groups in total. The third kappa shape index (κ3) is 2.65. The van der Waals surface area contributed by atoms with Crippen molar-refractivity contribution in [2.24, 2.45) is 0 Å². The van der Waals surface area contributed by atoms with Crippen molar-refractivity contribution < 1.29 is 4.79 Å². The molecule has 0 aliphatic carbocycles. The van der Waals surface area contributed by atoms with Gasteiger partial charge in [0.05, 0.1) is 0 Å². The van der Waals surface area contributed by atoms with Crippen molar-refractivity contribution in [1.82, 2.24) is 0 Å². The van der Waals surface area contributed by atoms with E-state index in [-0.39, 0.29) is 5.12 Å². The van der Waals surface area contributed by atoms with E-state index in [0.29, 0.717) is 0 Å². The van der Waals surface area contributed by atoms with Crippen LogP contribution < -0.4 is 0 Å². The first kappa shape index (κ1) is 12.9. The van der Waals surface area contributed by atoms with Gasteiger partial charge in [0.1, 0.15) is 0 Å². The zero-order valence-corrected chi connectivity index (χ0v) is 11.7. The highest BCUT2D eigenvalue weighted by Crippen LogP contribution is 2.26. The molecule has 0 aliphatic rings. The Morgan fingerprint density at radius 2 is 1.56 bits per heavy atom. The van der Waals surface area contributed by atoms with Crippen molar-refractivity contribution in [3.05, 3.63) is 64.7 Å². The lowest BCUT2D eigenvalue weighted by atomic mass is 10.00. The lowest BCUT2D eigenvalue weighted by Crippen LogP contribution is -2.00. The summed E-state index contributed by atoms with van der Waals surface area (Å²) < 4.78 is 0. The molecule has 0 aliphatic heterocycles. The van der Waals surface area contributed by atoms with Gasteiger partial charge in [0, 0.05) is 10.5 Å². The van der Waals surface area contributed by atoms with Crippen LogP contribution in [0.5, 0.6) is 0 Å². The molecule has 1 nitrogen and oxygen atoms in total. The van der Waals surface area contributed by atoms with Gasteiger partial charge in [-0.2, -0.15) is 0 Å². The Balaban J connectivity index is 2.28. The first-order valence-corrected chi connectivity index (χ1v) is 6.75. The molecule has 0 bridgehead atoms. The molecule has 92 valence electrons. The smallest absolute Gasteiger partial charge is 0.224 e. The molecule has 0 saturated heterocycles. The number of benzene rings is 2. The summed E-state index contributed by atoms with van der Waals surface area (Å²) in [6.45, 7) is 6.15. The van der Waals surface area contributed by atoms with Crippen LogP contribution in [0.3, 0.4) is 0 Å². The van der Waals surface area contributed by atoms with Gasteiger partial charge in [-0.05, 0) is 67.4 Å². The average Bonchev–Trinajstić information content (AvgIpc) is 2.37. The third-order valence-electron chi connectivity index (χ3n) is 3.23. The molecule has 0 unspecified atom stereocenters. The maximum absolute atomic E-state index is 12.3. The largest absolute Gasteiger partial charge is 0.281 e. The van der Waals surface area contributed by atoms with Gasteiger partial charge in [-0.1, -0.05) is 24.3 Å². The third-order valence-corrected chi connectivity index (χ3v) is 4.14. The number of thioether (sulfide) groups is 1. The quantitative estimate of drug-likeness (QED) is 0.733. The van der Waals surface area contributed by atoms with Gasteiger partial charge in [0.25, 0.3) is 0 Å². The van der Waals surface area contributed by atoms with Crippen LogP contribution in [0.15, 0.2) is 47.4 Å². The SMILES string of the molecule is Cc1ccc(C(=O)Sc2ccccc2)c(C)c1C. The Bertz CT molecular complexity index is 573. The van der Waals surface area contributed by atoms with Gasteiger partial charge < -0.3 is 0 Å². The first-order chi connectivity index (χ1) is 8.59. The van der Waals surface area contributed by atoms with Gasteiger partial charge in [-0.3, -0.25) is 4.79 Å². The Labute approximate surface area is 112 Å². The van der Waals surface area contributed by atoms with Gasteiger partial charge >= 0.3 is 0 Å². The lowest BCUT2D eigenvalue weighted by Gasteiger charge is -2.09. The number of hydrogen-bond donors (Lipinski definition) is 0. The maximum Gasteiger partial charge on any atom is 0.224 e. The molecule has 0 radical (unpaired) electrons. The van der Waals surface area contributed by atoms with E-state index in [2.05, 4.69) is 13.8 Å². The fourth-order valence-corrected chi connectivity index (χ4v) is 2.67. The van der Waals surface area contributed by atoms with E-state index < -0.39 is 0 Å². The zero-order valence-electron chi connectivity index (χ0n) is 10.9. The van der Waals surface area contributed by atoms with Crippen LogP contribution >= 0.6 is 11.8 Å². The van der Waals surface area contributed by atoms with Crippen LogP contribution in [0.1, 0.15) is 27.0 Å². The highest BCUT2D eigenvalue weighted by molar-refractivity contribution is 8.14. The summed E-state index contributed by atoms with van der Waals surface area (Å²) in [6, 6.07) is 13.7. The van der Waals surface area contributed by atoms with E-state index in [4.69, 9.17) is 0 Å². The second-order valence-electron chi connectivity index (χ2n) is 4.38. The summed E-state index contributed by atoms with van der Waals surface area (Å²) in [5, 5.41) is 0.113. The molecule has 18 heavy (non-hydrogen) atoms. The molecular formula is C16H16OS. The highest BCUT2D eigenvalue weighted by atomic mass is 32.2. The van der Waals surface area contributed by atoms with Crippen LogP contribution in [0.2, 0.25) is 0 Å².